The van der Waals surface area contributed by atoms with E-state index >= 15 is 0 Å². The van der Waals surface area contributed by atoms with Crippen LogP contribution in [0, 0.1) is 6.92 Å². The van der Waals surface area contributed by atoms with Crippen LogP contribution in [0.2, 0.25) is 0 Å². The molecule has 0 aliphatic carbocycles. The number of H-pyrrole nitrogens is 1. The lowest BCUT2D eigenvalue weighted by molar-refractivity contribution is 0.694. The van der Waals surface area contributed by atoms with E-state index in [0.29, 0.717) is 6.42 Å². The maximum Gasteiger partial charge on any atom is 0.108 e. The van der Waals surface area contributed by atoms with Gasteiger partial charge in [0.1, 0.15) is 5.82 Å². The molecule has 3 aromatic rings. The summed E-state index contributed by atoms with van der Waals surface area (Å²) in [4.78, 5) is 8.06. The molecule has 1 unspecified atom stereocenters. The topological polar surface area (TPSA) is 54.7 Å². The third-order valence-corrected chi connectivity index (χ3v) is 3.62. The molecule has 0 radical (unpaired) electrons. The van der Waals surface area contributed by atoms with Gasteiger partial charge in [-0.25, -0.2) is 4.98 Å². The first kappa shape index (κ1) is 13.6. The smallest absolute Gasteiger partial charge is 0.108 e. The summed E-state index contributed by atoms with van der Waals surface area (Å²) in [5.41, 5.74) is 10.6. The summed E-state index contributed by atoms with van der Waals surface area (Å²) in [7, 11) is 0. The zero-order valence-corrected chi connectivity index (χ0v) is 12.1. The average molecular weight is 277 g/mol. The van der Waals surface area contributed by atoms with Crippen molar-refractivity contribution in [1.29, 1.82) is 0 Å². The second kappa shape index (κ2) is 5.94. The van der Waals surface area contributed by atoms with Crippen LogP contribution in [-0.2, 0) is 6.42 Å². The molecule has 0 saturated heterocycles. The number of aryl methyl sites for hydroxylation is 1. The number of benzene rings is 2. The van der Waals surface area contributed by atoms with Crippen LogP contribution in [0.1, 0.15) is 23.1 Å². The number of aromatic amines is 1. The van der Waals surface area contributed by atoms with E-state index in [0.717, 1.165) is 28.3 Å². The number of imidazole rings is 1. The maximum absolute atomic E-state index is 6.27. The van der Waals surface area contributed by atoms with Crippen molar-refractivity contribution in [3.05, 3.63) is 77.7 Å². The van der Waals surface area contributed by atoms with Gasteiger partial charge < -0.3 is 10.7 Å². The van der Waals surface area contributed by atoms with E-state index in [1.807, 2.05) is 43.3 Å². The van der Waals surface area contributed by atoms with Crippen LogP contribution in [0.3, 0.4) is 0 Å². The summed E-state index contributed by atoms with van der Waals surface area (Å²) >= 11 is 0. The summed E-state index contributed by atoms with van der Waals surface area (Å²) < 4.78 is 0. The van der Waals surface area contributed by atoms with Gasteiger partial charge in [0.05, 0.1) is 5.69 Å². The second-order valence-electron chi connectivity index (χ2n) is 5.24. The molecule has 106 valence electrons. The molecule has 3 nitrogen and oxygen atoms in total. The van der Waals surface area contributed by atoms with Crippen molar-refractivity contribution >= 4 is 0 Å². The Kier molecular flexibility index (Phi) is 3.84. The van der Waals surface area contributed by atoms with Gasteiger partial charge in [-0.2, -0.15) is 0 Å². The number of rotatable bonds is 4. The van der Waals surface area contributed by atoms with Crippen molar-refractivity contribution in [3.8, 4) is 11.3 Å². The van der Waals surface area contributed by atoms with Crippen molar-refractivity contribution in [2.24, 2.45) is 5.73 Å². The highest BCUT2D eigenvalue weighted by molar-refractivity contribution is 5.61. The van der Waals surface area contributed by atoms with Crippen LogP contribution in [0.5, 0.6) is 0 Å². The van der Waals surface area contributed by atoms with Gasteiger partial charge in [0.25, 0.3) is 0 Å². The number of hydrogen-bond donors (Lipinski definition) is 2. The Labute approximate surface area is 124 Å². The molecule has 1 aromatic heterocycles. The molecule has 0 saturated carbocycles. The minimum Gasteiger partial charge on any atom is -0.346 e. The van der Waals surface area contributed by atoms with E-state index in [4.69, 9.17) is 10.7 Å². The molecule has 21 heavy (non-hydrogen) atoms. The Morgan fingerprint density at radius 3 is 2.29 bits per heavy atom. The zero-order valence-electron chi connectivity index (χ0n) is 12.1. The first-order chi connectivity index (χ1) is 10.2. The fraction of sp³-hybridized carbons (Fsp3) is 0.167. The molecule has 0 aliphatic rings. The average Bonchev–Trinajstić information content (AvgIpc) is 2.89. The number of hydrogen-bond acceptors (Lipinski definition) is 2. The largest absolute Gasteiger partial charge is 0.346 e. The summed E-state index contributed by atoms with van der Waals surface area (Å²) in [6.45, 7) is 2.05. The van der Waals surface area contributed by atoms with E-state index in [1.54, 1.807) is 0 Å². The number of nitrogens with two attached hydrogens (primary N) is 1. The van der Waals surface area contributed by atoms with E-state index in [1.165, 1.54) is 0 Å². The predicted molar refractivity (Wildman–Crippen MR) is 85.8 cm³/mol. The highest BCUT2D eigenvalue weighted by atomic mass is 14.9. The molecule has 2 aromatic carbocycles. The van der Waals surface area contributed by atoms with Gasteiger partial charge in [-0.05, 0) is 12.5 Å². The van der Waals surface area contributed by atoms with Gasteiger partial charge in [0, 0.05) is 23.7 Å². The van der Waals surface area contributed by atoms with Crippen molar-refractivity contribution < 1.29 is 0 Å². The molecular weight excluding hydrogens is 258 g/mol. The number of aromatic nitrogens is 2. The van der Waals surface area contributed by atoms with Gasteiger partial charge >= 0.3 is 0 Å². The number of nitrogens with one attached hydrogen (secondary N) is 1. The standard InChI is InChI=1S/C18H19N3/c1-13-18(15-10-6-3-7-11-15)21-17(20-13)12-16(19)14-8-4-2-5-9-14/h2-11,16H,12,19H2,1H3,(H,20,21). The fourth-order valence-electron chi connectivity index (χ4n) is 2.52. The van der Waals surface area contributed by atoms with Crippen molar-refractivity contribution in [3.63, 3.8) is 0 Å². The molecule has 1 atom stereocenters. The lowest BCUT2D eigenvalue weighted by Gasteiger charge is -2.09. The molecule has 0 fully saturated rings. The third-order valence-electron chi connectivity index (χ3n) is 3.62. The molecule has 3 N–H and O–H groups in total. The van der Waals surface area contributed by atoms with Crippen LogP contribution in [0.25, 0.3) is 11.3 Å². The van der Waals surface area contributed by atoms with Gasteiger partial charge in [0.2, 0.25) is 0 Å². The van der Waals surface area contributed by atoms with Crippen molar-refractivity contribution in [1.82, 2.24) is 9.97 Å². The van der Waals surface area contributed by atoms with Crippen molar-refractivity contribution in [2.75, 3.05) is 0 Å². The minimum absolute atomic E-state index is 0.0413. The first-order valence-electron chi connectivity index (χ1n) is 7.15. The van der Waals surface area contributed by atoms with E-state index in [9.17, 15) is 0 Å². The summed E-state index contributed by atoms with van der Waals surface area (Å²) in [5.74, 6) is 0.933. The Hall–Kier alpha value is -2.39. The Morgan fingerprint density at radius 2 is 1.62 bits per heavy atom. The lowest BCUT2D eigenvalue weighted by Crippen LogP contribution is -2.14. The maximum atomic E-state index is 6.27. The normalized spacial score (nSPS) is 12.3. The van der Waals surface area contributed by atoms with E-state index in [2.05, 4.69) is 29.2 Å². The van der Waals surface area contributed by atoms with Crippen LogP contribution < -0.4 is 5.73 Å². The predicted octanol–water partition coefficient (Wildman–Crippen LogP) is 3.63. The second-order valence-corrected chi connectivity index (χ2v) is 5.24. The molecule has 0 spiro atoms. The molecule has 0 aliphatic heterocycles. The molecule has 1 heterocycles. The zero-order chi connectivity index (χ0) is 14.7. The highest BCUT2D eigenvalue weighted by Crippen LogP contribution is 2.22. The van der Waals surface area contributed by atoms with E-state index in [-0.39, 0.29) is 6.04 Å². The lowest BCUT2D eigenvalue weighted by atomic mass is 10.0. The Morgan fingerprint density at radius 1 is 1.00 bits per heavy atom. The SMILES string of the molecule is Cc1[nH]c(CC(N)c2ccccc2)nc1-c1ccccc1. The van der Waals surface area contributed by atoms with Gasteiger partial charge in [0.15, 0.2) is 0 Å². The van der Waals surface area contributed by atoms with Crippen LogP contribution >= 0.6 is 0 Å². The fourth-order valence-corrected chi connectivity index (χ4v) is 2.52. The Balaban J connectivity index is 1.82. The van der Waals surface area contributed by atoms with Crippen LogP contribution in [-0.4, -0.2) is 9.97 Å². The molecular formula is C18H19N3. The summed E-state index contributed by atoms with van der Waals surface area (Å²) in [6, 6.07) is 20.3. The van der Waals surface area contributed by atoms with E-state index < -0.39 is 0 Å². The van der Waals surface area contributed by atoms with Gasteiger partial charge in [-0.3, -0.25) is 0 Å². The van der Waals surface area contributed by atoms with Crippen LogP contribution in [0.15, 0.2) is 60.7 Å². The quantitative estimate of drug-likeness (QED) is 0.765. The number of nitrogens with zero attached hydrogens (tertiary/aromatic N) is 1. The molecule has 0 amide bonds. The van der Waals surface area contributed by atoms with Gasteiger partial charge in [-0.1, -0.05) is 60.7 Å². The molecule has 3 rings (SSSR count). The van der Waals surface area contributed by atoms with Gasteiger partial charge in [-0.15, -0.1) is 0 Å². The molecule has 0 bridgehead atoms. The van der Waals surface area contributed by atoms with Crippen LogP contribution in [0.4, 0.5) is 0 Å². The monoisotopic (exact) mass is 277 g/mol. The highest BCUT2D eigenvalue weighted by Gasteiger charge is 2.12. The van der Waals surface area contributed by atoms with Crippen molar-refractivity contribution in [2.45, 2.75) is 19.4 Å². The third kappa shape index (κ3) is 3.03. The summed E-state index contributed by atoms with van der Waals surface area (Å²) in [5, 5.41) is 0. The first-order valence-corrected chi connectivity index (χ1v) is 7.15. The molecule has 3 heteroatoms. The Bertz CT molecular complexity index is 702. The summed E-state index contributed by atoms with van der Waals surface area (Å²) in [6.07, 6.45) is 0.706. The minimum atomic E-state index is -0.0413.